The number of nitrogens with one attached hydrogen (secondary N) is 2. The predicted octanol–water partition coefficient (Wildman–Crippen LogP) is 3.13. The molecule has 128 valence electrons. The molecule has 2 N–H and O–H groups in total. The Labute approximate surface area is 147 Å². The third-order valence-corrected chi connectivity index (χ3v) is 5.52. The Balaban J connectivity index is 1.55. The lowest BCUT2D eigenvalue weighted by Crippen LogP contribution is -2.34. The van der Waals surface area contributed by atoms with Crippen molar-refractivity contribution in [3.05, 3.63) is 52.5 Å². The molecule has 1 unspecified atom stereocenters. The summed E-state index contributed by atoms with van der Waals surface area (Å²) >= 11 is 0. The van der Waals surface area contributed by atoms with Gasteiger partial charge in [-0.25, -0.2) is 9.97 Å². The van der Waals surface area contributed by atoms with Crippen molar-refractivity contribution in [1.82, 2.24) is 15.3 Å². The van der Waals surface area contributed by atoms with Crippen LogP contribution in [0, 0.1) is 0 Å². The highest BCUT2D eigenvalue weighted by Gasteiger charge is 2.32. The zero-order chi connectivity index (χ0) is 16.8. The molecular formula is C20H22N4O. The van der Waals surface area contributed by atoms with Gasteiger partial charge in [-0.1, -0.05) is 24.3 Å². The van der Waals surface area contributed by atoms with Gasteiger partial charge < -0.3 is 10.6 Å². The number of amides is 1. The van der Waals surface area contributed by atoms with Gasteiger partial charge >= 0.3 is 0 Å². The number of carbonyl (C=O) groups excluding carboxylic acids is 1. The van der Waals surface area contributed by atoms with E-state index in [2.05, 4.69) is 39.9 Å². The van der Waals surface area contributed by atoms with Gasteiger partial charge in [0.25, 0.3) is 5.91 Å². The number of rotatable bonds is 3. The van der Waals surface area contributed by atoms with Gasteiger partial charge in [-0.3, -0.25) is 4.79 Å². The van der Waals surface area contributed by atoms with Crippen LogP contribution in [0.25, 0.3) is 0 Å². The molecule has 1 aliphatic heterocycles. The molecule has 2 aliphatic carbocycles. The Bertz CT molecular complexity index is 844. The molecule has 25 heavy (non-hydrogen) atoms. The molecule has 1 saturated carbocycles. The maximum Gasteiger partial charge on any atom is 0.270 e. The molecule has 1 aromatic carbocycles. The van der Waals surface area contributed by atoms with Crippen LogP contribution in [0.15, 0.2) is 24.3 Å². The molecule has 1 fully saturated rings. The standard InChI is InChI=1S/C20H22N4O/c25-20-17-15(10-11-21-20)19(24-18(23-17)13-8-9-13)22-16-7-3-5-12-4-1-2-6-14(12)16/h1-2,4,6,13,16H,3,5,7-11H2,(H,21,25)(H,22,23,24). The average molecular weight is 334 g/mol. The second-order valence-corrected chi connectivity index (χ2v) is 7.33. The normalized spacial score (nSPS) is 21.9. The van der Waals surface area contributed by atoms with E-state index in [1.54, 1.807) is 0 Å². The molecular weight excluding hydrogens is 312 g/mol. The van der Waals surface area contributed by atoms with E-state index in [0.717, 1.165) is 49.3 Å². The fraction of sp³-hybridized carbons (Fsp3) is 0.450. The quantitative estimate of drug-likeness (QED) is 0.905. The van der Waals surface area contributed by atoms with E-state index in [9.17, 15) is 4.79 Å². The van der Waals surface area contributed by atoms with Crippen LogP contribution >= 0.6 is 0 Å². The minimum Gasteiger partial charge on any atom is -0.363 e. The van der Waals surface area contributed by atoms with Crippen molar-refractivity contribution in [3.63, 3.8) is 0 Å². The zero-order valence-corrected chi connectivity index (χ0v) is 14.2. The largest absolute Gasteiger partial charge is 0.363 e. The lowest BCUT2D eigenvalue weighted by molar-refractivity contribution is 0.0940. The SMILES string of the molecule is O=C1NCCc2c(NC3CCCc4ccccc43)nc(C3CC3)nc21. The van der Waals surface area contributed by atoms with Crippen molar-refractivity contribution in [2.24, 2.45) is 0 Å². The van der Waals surface area contributed by atoms with Crippen LogP contribution in [0.4, 0.5) is 5.82 Å². The molecule has 1 atom stereocenters. The second kappa shape index (κ2) is 5.83. The Hall–Kier alpha value is -2.43. The van der Waals surface area contributed by atoms with Crippen molar-refractivity contribution >= 4 is 11.7 Å². The number of aryl methyl sites for hydroxylation is 1. The maximum atomic E-state index is 12.3. The van der Waals surface area contributed by atoms with Crippen LogP contribution in [0.3, 0.4) is 0 Å². The minimum atomic E-state index is -0.0577. The van der Waals surface area contributed by atoms with E-state index in [0.29, 0.717) is 18.2 Å². The van der Waals surface area contributed by atoms with Gasteiger partial charge in [0, 0.05) is 18.0 Å². The van der Waals surface area contributed by atoms with E-state index >= 15 is 0 Å². The second-order valence-electron chi connectivity index (χ2n) is 7.33. The van der Waals surface area contributed by atoms with E-state index in [1.807, 2.05) is 0 Å². The highest BCUT2D eigenvalue weighted by molar-refractivity contribution is 5.96. The molecule has 0 radical (unpaired) electrons. The van der Waals surface area contributed by atoms with E-state index < -0.39 is 0 Å². The van der Waals surface area contributed by atoms with Crippen molar-refractivity contribution in [1.29, 1.82) is 0 Å². The van der Waals surface area contributed by atoms with Crippen LogP contribution in [0.2, 0.25) is 0 Å². The van der Waals surface area contributed by atoms with E-state index in [4.69, 9.17) is 4.98 Å². The third-order valence-electron chi connectivity index (χ3n) is 5.52. The first kappa shape index (κ1) is 14.9. The topological polar surface area (TPSA) is 66.9 Å². The van der Waals surface area contributed by atoms with Gasteiger partial charge in [0.15, 0.2) is 0 Å². The van der Waals surface area contributed by atoms with Crippen LogP contribution < -0.4 is 10.6 Å². The lowest BCUT2D eigenvalue weighted by Gasteiger charge is -2.29. The molecule has 2 aromatic rings. The number of nitrogens with zero attached hydrogens (tertiary/aromatic N) is 2. The molecule has 0 saturated heterocycles. The highest BCUT2D eigenvalue weighted by atomic mass is 16.1. The number of anilines is 1. The van der Waals surface area contributed by atoms with Gasteiger partial charge in [-0.2, -0.15) is 0 Å². The van der Waals surface area contributed by atoms with Gasteiger partial charge in [-0.05, 0) is 49.7 Å². The summed E-state index contributed by atoms with van der Waals surface area (Å²) in [4.78, 5) is 21.7. The molecule has 5 nitrogen and oxygen atoms in total. The van der Waals surface area contributed by atoms with Crippen LogP contribution in [-0.2, 0) is 12.8 Å². The maximum absolute atomic E-state index is 12.3. The number of hydrogen-bond donors (Lipinski definition) is 2. The summed E-state index contributed by atoms with van der Waals surface area (Å²) in [6.07, 6.45) is 6.48. The Kier molecular flexibility index (Phi) is 3.47. The summed E-state index contributed by atoms with van der Waals surface area (Å²) < 4.78 is 0. The number of aromatic nitrogens is 2. The fourth-order valence-electron chi connectivity index (χ4n) is 4.02. The summed E-state index contributed by atoms with van der Waals surface area (Å²) in [5, 5.41) is 6.59. The monoisotopic (exact) mass is 334 g/mol. The molecule has 1 amide bonds. The third kappa shape index (κ3) is 2.68. The lowest BCUT2D eigenvalue weighted by atomic mass is 9.87. The van der Waals surface area contributed by atoms with E-state index in [-0.39, 0.29) is 11.9 Å². The summed E-state index contributed by atoms with van der Waals surface area (Å²) in [6, 6.07) is 8.93. The van der Waals surface area contributed by atoms with Crippen molar-refractivity contribution in [2.45, 2.75) is 50.5 Å². The van der Waals surface area contributed by atoms with Crippen LogP contribution in [-0.4, -0.2) is 22.4 Å². The zero-order valence-electron chi connectivity index (χ0n) is 14.2. The van der Waals surface area contributed by atoms with Gasteiger partial charge in [0.2, 0.25) is 0 Å². The number of fused-ring (bicyclic) bond motifs is 2. The molecule has 5 rings (SSSR count). The highest BCUT2D eigenvalue weighted by Crippen LogP contribution is 2.40. The predicted molar refractivity (Wildman–Crippen MR) is 95.8 cm³/mol. The number of carbonyl (C=O) groups is 1. The summed E-state index contributed by atoms with van der Waals surface area (Å²) in [6.45, 7) is 0.661. The summed E-state index contributed by atoms with van der Waals surface area (Å²) in [5.41, 5.74) is 4.36. The Morgan fingerprint density at radius 1 is 1.08 bits per heavy atom. The number of hydrogen-bond acceptors (Lipinski definition) is 4. The molecule has 0 bridgehead atoms. The summed E-state index contributed by atoms with van der Waals surface area (Å²) in [5.74, 6) is 2.09. The van der Waals surface area contributed by atoms with Gasteiger partial charge in [0.05, 0.1) is 6.04 Å². The van der Waals surface area contributed by atoms with Crippen molar-refractivity contribution in [3.8, 4) is 0 Å². The Morgan fingerprint density at radius 3 is 2.84 bits per heavy atom. The first-order valence-electron chi connectivity index (χ1n) is 9.33. The van der Waals surface area contributed by atoms with Crippen LogP contribution in [0.1, 0.15) is 70.6 Å². The van der Waals surface area contributed by atoms with Gasteiger partial charge in [-0.15, -0.1) is 0 Å². The molecule has 0 spiro atoms. The molecule has 3 aliphatic rings. The molecule has 1 aromatic heterocycles. The first-order chi connectivity index (χ1) is 12.3. The Morgan fingerprint density at radius 2 is 1.96 bits per heavy atom. The van der Waals surface area contributed by atoms with Crippen LogP contribution in [0.5, 0.6) is 0 Å². The fourth-order valence-corrected chi connectivity index (χ4v) is 4.02. The molecule has 5 heteroatoms. The number of benzene rings is 1. The average Bonchev–Trinajstić information content (AvgIpc) is 3.48. The van der Waals surface area contributed by atoms with Gasteiger partial charge in [0.1, 0.15) is 17.3 Å². The minimum absolute atomic E-state index is 0.0577. The molecule has 2 heterocycles. The van der Waals surface area contributed by atoms with Crippen molar-refractivity contribution in [2.75, 3.05) is 11.9 Å². The smallest absolute Gasteiger partial charge is 0.270 e. The van der Waals surface area contributed by atoms with E-state index in [1.165, 1.54) is 17.5 Å². The summed E-state index contributed by atoms with van der Waals surface area (Å²) in [7, 11) is 0. The van der Waals surface area contributed by atoms with Crippen molar-refractivity contribution < 1.29 is 4.79 Å². The first-order valence-corrected chi connectivity index (χ1v) is 9.33.